The molecular formula is C12H14N2O. The summed E-state index contributed by atoms with van der Waals surface area (Å²) in [6.45, 7) is 2.22. The van der Waals surface area contributed by atoms with Crippen molar-refractivity contribution in [1.29, 1.82) is 0 Å². The van der Waals surface area contributed by atoms with Gasteiger partial charge in [0, 0.05) is 18.2 Å². The lowest BCUT2D eigenvalue weighted by Gasteiger charge is -2.04. The third kappa shape index (κ3) is 2.83. The molecule has 0 atom stereocenters. The summed E-state index contributed by atoms with van der Waals surface area (Å²) in [4.78, 5) is 11.5. The van der Waals surface area contributed by atoms with E-state index < -0.39 is 0 Å². The molecule has 1 amide bonds. The third-order valence-corrected chi connectivity index (χ3v) is 2.04. The van der Waals surface area contributed by atoms with Crippen molar-refractivity contribution in [2.24, 2.45) is 5.73 Å². The van der Waals surface area contributed by atoms with Crippen molar-refractivity contribution in [3.8, 4) is 11.8 Å². The molecule has 0 saturated carbocycles. The van der Waals surface area contributed by atoms with Crippen molar-refractivity contribution in [2.75, 3.05) is 13.6 Å². The van der Waals surface area contributed by atoms with Gasteiger partial charge >= 0.3 is 0 Å². The van der Waals surface area contributed by atoms with E-state index in [0.29, 0.717) is 12.1 Å². The van der Waals surface area contributed by atoms with Crippen LogP contribution in [0.15, 0.2) is 18.2 Å². The Morgan fingerprint density at radius 1 is 1.53 bits per heavy atom. The Morgan fingerprint density at radius 3 is 2.87 bits per heavy atom. The summed E-state index contributed by atoms with van der Waals surface area (Å²) in [6.07, 6.45) is 0. The van der Waals surface area contributed by atoms with Gasteiger partial charge in [-0.1, -0.05) is 17.9 Å². The van der Waals surface area contributed by atoms with Gasteiger partial charge in [-0.25, -0.2) is 0 Å². The fraction of sp³-hybridized carbons (Fsp3) is 0.250. The van der Waals surface area contributed by atoms with E-state index >= 15 is 0 Å². The number of nitrogens with one attached hydrogen (secondary N) is 1. The van der Waals surface area contributed by atoms with Crippen molar-refractivity contribution in [3.05, 3.63) is 34.9 Å². The highest BCUT2D eigenvalue weighted by Gasteiger charge is 2.06. The van der Waals surface area contributed by atoms with Gasteiger partial charge in [0.15, 0.2) is 0 Å². The van der Waals surface area contributed by atoms with Crippen molar-refractivity contribution in [2.45, 2.75) is 6.92 Å². The minimum absolute atomic E-state index is 0.0936. The molecule has 0 aromatic heterocycles. The number of benzene rings is 1. The van der Waals surface area contributed by atoms with Gasteiger partial charge in [-0.05, 0) is 24.6 Å². The summed E-state index contributed by atoms with van der Waals surface area (Å²) in [5, 5.41) is 2.59. The summed E-state index contributed by atoms with van der Waals surface area (Å²) in [7, 11) is 1.61. The van der Waals surface area contributed by atoms with Crippen LogP contribution in [0.25, 0.3) is 0 Å². The first-order valence-corrected chi connectivity index (χ1v) is 4.70. The molecule has 1 rings (SSSR count). The summed E-state index contributed by atoms with van der Waals surface area (Å²) in [6, 6.07) is 5.53. The van der Waals surface area contributed by atoms with E-state index in [4.69, 9.17) is 5.73 Å². The Labute approximate surface area is 89.7 Å². The van der Waals surface area contributed by atoms with Crippen LogP contribution in [-0.4, -0.2) is 19.5 Å². The molecule has 0 unspecified atom stereocenters. The Bertz CT molecular complexity index is 427. The molecule has 3 nitrogen and oxygen atoms in total. The molecule has 0 aliphatic rings. The standard InChI is InChI=1S/C12H14N2O/c1-9-5-6-10(4-3-7-13)8-11(9)12(15)14-2/h5-6,8H,7,13H2,1-2H3,(H,14,15). The number of carbonyl (C=O) groups is 1. The predicted molar refractivity (Wildman–Crippen MR) is 60.5 cm³/mol. The first kappa shape index (κ1) is 11.3. The molecule has 1 aromatic carbocycles. The molecule has 0 radical (unpaired) electrons. The van der Waals surface area contributed by atoms with E-state index in [1.807, 2.05) is 19.1 Å². The van der Waals surface area contributed by atoms with E-state index in [1.54, 1.807) is 13.1 Å². The second-order valence-electron chi connectivity index (χ2n) is 3.11. The number of aryl methyl sites for hydroxylation is 1. The van der Waals surface area contributed by atoms with Crippen LogP contribution in [-0.2, 0) is 0 Å². The maximum Gasteiger partial charge on any atom is 0.251 e. The van der Waals surface area contributed by atoms with E-state index in [-0.39, 0.29) is 5.91 Å². The highest BCUT2D eigenvalue weighted by Crippen LogP contribution is 2.10. The van der Waals surface area contributed by atoms with Gasteiger partial charge in [-0.3, -0.25) is 4.79 Å². The summed E-state index contributed by atoms with van der Waals surface area (Å²) < 4.78 is 0. The fourth-order valence-electron chi connectivity index (χ4n) is 1.23. The molecule has 0 aliphatic heterocycles. The summed E-state index contributed by atoms with van der Waals surface area (Å²) in [5.41, 5.74) is 7.68. The number of rotatable bonds is 1. The largest absolute Gasteiger partial charge is 0.355 e. The highest BCUT2D eigenvalue weighted by atomic mass is 16.1. The fourth-order valence-corrected chi connectivity index (χ4v) is 1.23. The molecule has 3 heteroatoms. The van der Waals surface area contributed by atoms with Crippen LogP contribution >= 0.6 is 0 Å². The van der Waals surface area contributed by atoms with E-state index in [2.05, 4.69) is 17.2 Å². The number of nitrogens with two attached hydrogens (primary N) is 1. The molecule has 1 aromatic rings. The monoisotopic (exact) mass is 202 g/mol. The minimum atomic E-state index is -0.0936. The first-order valence-electron chi connectivity index (χ1n) is 4.70. The van der Waals surface area contributed by atoms with Crippen LogP contribution in [0.3, 0.4) is 0 Å². The van der Waals surface area contributed by atoms with Crippen LogP contribution in [0.4, 0.5) is 0 Å². The van der Waals surface area contributed by atoms with Gasteiger partial charge in [0.1, 0.15) is 0 Å². The second kappa shape index (κ2) is 5.18. The number of hydrogen-bond acceptors (Lipinski definition) is 2. The molecular weight excluding hydrogens is 188 g/mol. The zero-order valence-electron chi connectivity index (χ0n) is 8.92. The minimum Gasteiger partial charge on any atom is -0.355 e. The average Bonchev–Trinajstić information content (AvgIpc) is 2.27. The molecule has 0 saturated heterocycles. The van der Waals surface area contributed by atoms with Gasteiger partial charge in [0.2, 0.25) is 0 Å². The maximum absolute atomic E-state index is 11.5. The van der Waals surface area contributed by atoms with E-state index in [0.717, 1.165) is 11.1 Å². The van der Waals surface area contributed by atoms with Gasteiger partial charge in [-0.2, -0.15) is 0 Å². The molecule has 0 fully saturated rings. The molecule has 3 N–H and O–H groups in total. The van der Waals surface area contributed by atoms with Gasteiger partial charge in [-0.15, -0.1) is 0 Å². The molecule has 78 valence electrons. The SMILES string of the molecule is CNC(=O)c1cc(C#CCN)ccc1C. The number of carbonyl (C=O) groups excluding carboxylic acids is 1. The highest BCUT2D eigenvalue weighted by molar-refractivity contribution is 5.95. The Hall–Kier alpha value is -1.79. The van der Waals surface area contributed by atoms with Crippen LogP contribution in [0.5, 0.6) is 0 Å². The number of amides is 1. The van der Waals surface area contributed by atoms with Gasteiger partial charge in [0.05, 0.1) is 6.54 Å². The Balaban J connectivity index is 3.10. The molecule has 0 bridgehead atoms. The smallest absolute Gasteiger partial charge is 0.251 e. The van der Waals surface area contributed by atoms with Crippen LogP contribution in [0.2, 0.25) is 0 Å². The normalized spacial score (nSPS) is 9.00. The number of hydrogen-bond donors (Lipinski definition) is 2. The average molecular weight is 202 g/mol. The zero-order chi connectivity index (χ0) is 11.3. The predicted octanol–water partition coefficient (Wildman–Crippen LogP) is 0.665. The van der Waals surface area contributed by atoms with Crippen molar-refractivity contribution in [1.82, 2.24) is 5.32 Å². The summed E-state index contributed by atoms with van der Waals surface area (Å²) >= 11 is 0. The first-order chi connectivity index (χ1) is 7.19. The second-order valence-corrected chi connectivity index (χ2v) is 3.11. The lowest BCUT2D eigenvalue weighted by molar-refractivity contribution is 0.0962. The van der Waals surface area contributed by atoms with Gasteiger partial charge in [0.25, 0.3) is 5.91 Å². The maximum atomic E-state index is 11.5. The molecule has 0 heterocycles. The third-order valence-electron chi connectivity index (χ3n) is 2.04. The van der Waals surface area contributed by atoms with Crippen molar-refractivity contribution in [3.63, 3.8) is 0 Å². The molecule has 15 heavy (non-hydrogen) atoms. The van der Waals surface area contributed by atoms with Crippen LogP contribution < -0.4 is 11.1 Å². The Kier molecular flexibility index (Phi) is 3.90. The lowest BCUT2D eigenvalue weighted by Crippen LogP contribution is -2.19. The summed E-state index contributed by atoms with van der Waals surface area (Å²) in [5.74, 6) is 5.56. The molecule has 0 spiro atoms. The van der Waals surface area contributed by atoms with Crippen molar-refractivity contribution < 1.29 is 4.79 Å². The lowest BCUT2D eigenvalue weighted by atomic mass is 10.0. The van der Waals surface area contributed by atoms with Crippen molar-refractivity contribution >= 4 is 5.91 Å². The topological polar surface area (TPSA) is 55.1 Å². The Morgan fingerprint density at radius 2 is 2.27 bits per heavy atom. The van der Waals surface area contributed by atoms with Gasteiger partial charge < -0.3 is 11.1 Å². The zero-order valence-corrected chi connectivity index (χ0v) is 8.92. The molecule has 0 aliphatic carbocycles. The van der Waals surface area contributed by atoms with Crippen LogP contribution in [0, 0.1) is 18.8 Å². The van der Waals surface area contributed by atoms with Crippen LogP contribution in [0.1, 0.15) is 21.5 Å². The van der Waals surface area contributed by atoms with E-state index in [9.17, 15) is 4.79 Å². The quantitative estimate of drug-likeness (QED) is 0.657. The van der Waals surface area contributed by atoms with E-state index in [1.165, 1.54) is 0 Å².